The summed E-state index contributed by atoms with van der Waals surface area (Å²) in [7, 11) is 3.38. The van der Waals surface area contributed by atoms with Crippen LogP contribution >= 0.6 is 0 Å². The van der Waals surface area contributed by atoms with Crippen molar-refractivity contribution in [3.63, 3.8) is 0 Å². The number of ether oxygens (including phenoxy) is 2. The lowest BCUT2D eigenvalue weighted by atomic mass is 10.1. The molecule has 0 heterocycles. The van der Waals surface area contributed by atoms with E-state index in [1.54, 1.807) is 14.2 Å². The molecule has 1 amide bonds. The second-order valence-electron chi connectivity index (χ2n) is 5.03. The van der Waals surface area contributed by atoms with Crippen LogP contribution in [0.15, 0.2) is 0 Å². The summed E-state index contributed by atoms with van der Waals surface area (Å²) in [6, 6.07) is 0.0181. The van der Waals surface area contributed by atoms with E-state index in [2.05, 4.69) is 24.1 Å². The molecule has 6 heteroatoms. The summed E-state index contributed by atoms with van der Waals surface area (Å²) in [5.74, 6) is -0.287. The van der Waals surface area contributed by atoms with Gasteiger partial charge in [0.1, 0.15) is 0 Å². The van der Waals surface area contributed by atoms with Crippen LogP contribution in [0.25, 0.3) is 0 Å². The van der Waals surface area contributed by atoms with E-state index in [0.717, 1.165) is 26.1 Å². The number of nitrogens with two attached hydrogens (primary N) is 1. The molecule has 0 fully saturated rings. The van der Waals surface area contributed by atoms with Crippen molar-refractivity contribution in [1.29, 1.82) is 0 Å². The molecule has 120 valence electrons. The van der Waals surface area contributed by atoms with Crippen molar-refractivity contribution in [2.24, 2.45) is 5.73 Å². The van der Waals surface area contributed by atoms with E-state index in [1.165, 1.54) is 0 Å². The summed E-state index contributed by atoms with van der Waals surface area (Å²) in [6.45, 7) is 7.91. The van der Waals surface area contributed by atoms with Crippen molar-refractivity contribution in [2.75, 3.05) is 47.1 Å². The molecular weight excluding hydrogens is 258 g/mol. The molecule has 0 bridgehead atoms. The molecule has 0 aromatic rings. The number of primary amides is 1. The van der Waals surface area contributed by atoms with Crippen molar-refractivity contribution in [2.45, 2.75) is 38.8 Å². The van der Waals surface area contributed by atoms with Crippen molar-refractivity contribution in [1.82, 2.24) is 10.2 Å². The molecule has 2 atom stereocenters. The molecule has 0 aliphatic heterocycles. The molecule has 0 aliphatic carbocycles. The first-order valence-corrected chi connectivity index (χ1v) is 7.31. The third-order valence-electron chi connectivity index (χ3n) is 3.30. The molecule has 6 nitrogen and oxygen atoms in total. The second-order valence-corrected chi connectivity index (χ2v) is 5.03. The molecule has 20 heavy (non-hydrogen) atoms. The smallest absolute Gasteiger partial charge is 0.234 e. The van der Waals surface area contributed by atoms with Crippen LogP contribution in [0.2, 0.25) is 0 Å². The van der Waals surface area contributed by atoms with Gasteiger partial charge in [-0.2, -0.15) is 0 Å². The Bertz CT molecular complexity index is 252. The highest BCUT2D eigenvalue weighted by molar-refractivity contribution is 5.79. The zero-order valence-electron chi connectivity index (χ0n) is 13.4. The minimum absolute atomic E-state index is 0.269. The van der Waals surface area contributed by atoms with Gasteiger partial charge in [-0.1, -0.05) is 6.92 Å². The fourth-order valence-corrected chi connectivity index (χ4v) is 2.07. The predicted molar refractivity (Wildman–Crippen MR) is 80.7 cm³/mol. The quantitative estimate of drug-likeness (QED) is 0.507. The lowest BCUT2D eigenvalue weighted by molar-refractivity contribution is -0.120. The monoisotopic (exact) mass is 289 g/mol. The van der Waals surface area contributed by atoms with Crippen molar-refractivity contribution in [3.8, 4) is 0 Å². The van der Waals surface area contributed by atoms with E-state index in [-0.39, 0.29) is 18.0 Å². The van der Waals surface area contributed by atoms with Crippen molar-refractivity contribution >= 4 is 5.91 Å². The number of nitrogens with zero attached hydrogens (tertiary/aromatic N) is 1. The van der Waals surface area contributed by atoms with Gasteiger partial charge in [-0.3, -0.25) is 9.69 Å². The van der Waals surface area contributed by atoms with Crippen LogP contribution in [-0.2, 0) is 14.3 Å². The minimum atomic E-state index is -0.287. The second kappa shape index (κ2) is 12.1. The van der Waals surface area contributed by atoms with E-state index in [9.17, 15) is 4.79 Å². The number of hydrogen-bond acceptors (Lipinski definition) is 5. The van der Waals surface area contributed by atoms with Gasteiger partial charge in [-0.05, 0) is 26.3 Å². The van der Waals surface area contributed by atoms with E-state index in [4.69, 9.17) is 15.2 Å². The van der Waals surface area contributed by atoms with E-state index < -0.39 is 0 Å². The largest absolute Gasteiger partial charge is 0.383 e. The number of carbonyl (C=O) groups is 1. The van der Waals surface area contributed by atoms with E-state index in [0.29, 0.717) is 19.6 Å². The Kier molecular flexibility index (Phi) is 11.7. The maximum atomic E-state index is 11.4. The maximum Gasteiger partial charge on any atom is 0.234 e. The van der Waals surface area contributed by atoms with Gasteiger partial charge in [0.25, 0.3) is 0 Å². The Balaban J connectivity index is 4.34. The molecule has 2 unspecified atom stereocenters. The normalized spacial score (nSPS) is 14.4. The molecular formula is C14H31N3O3. The van der Waals surface area contributed by atoms with Crippen LogP contribution in [0, 0.1) is 0 Å². The highest BCUT2D eigenvalue weighted by Gasteiger charge is 2.19. The number of amides is 1. The lowest BCUT2D eigenvalue weighted by Gasteiger charge is -2.29. The number of methoxy groups -OCH3 is 2. The zero-order valence-corrected chi connectivity index (χ0v) is 13.4. The highest BCUT2D eigenvalue weighted by atomic mass is 16.5. The van der Waals surface area contributed by atoms with Gasteiger partial charge in [-0.15, -0.1) is 0 Å². The van der Waals surface area contributed by atoms with E-state index in [1.807, 2.05) is 0 Å². The number of carbonyl (C=O) groups excluding carboxylic acids is 1. The summed E-state index contributed by atoms with van der Waals surface area (Å²) < 4.78 is 10.3. The van der Waals surface area contributed by atoms with Crippen molar-refractivity contribution < 1.29 is 14.3 Å². The fourth-order valence-electron chi connectivity index (χ4n) is 2.07. The lowest BCUT2D eigenvalue weighted by Crippen LogP contribution is -2.46. The van der Waals surface area contributed by atoms with Crippen LogP contribution < -0.4 is 11.1 Å². The van der Waals surface area contributed by atoms with Gasteiger partial charge in [-0.25, -0.2) is 0 Å². The minimum Gasteiger partial charge on any atom is -0.383 e. The van der Waals surface area contributed by atoms with Crippen LogP contribution in [-0.4, -0.2) is 70.0 Å². The summed E-state index contributed by atoms with van der Waals surface area (Å²) in [5.41, 5.74) is 5.43. The Morgan fingerprint density at radius 1 is 1.30 bits per heavy atom. The standard InChI is InChI=1S/C14H31N3O3/c1-5-7-16-13(14(15)18)6-8-17(9-10-19-3)12(2)11-20-4/h12-13,16H,5-11H2,1-4H3,(H2,15,18). The van der Waals surface area contributed by atoms with Gasteiger partial charge in [0.05, 0.1) is 19.3 Å². The van der Waals surface area contributed by atoms with Crippen LogP contribution in [0.3, 0.4) is 0 Å². The predicted octanol–water partition coefficient (Wildman–Crippen LogP) is 0.213. The highest BCUT2D eigenvalue weighted by Crippen LogP contribution is 2.04. The number of nitrogens with one attached hydrogen (secondary N) is 1. The summed E-state index contributed by atoms with van der Waals surface area (Å²) in [4.78, 5) is 13.7. The Morgan fingerprint density at radius 3 is 2.50 bits per heavy atom. The van der Waals surface area contributed by atoms with Crippen LogP contribution in [0.5, 0.6) is 0 Å². The summed E-state index contributed by atoms with van der Waals surface area (Å²) >= 11 is 0. The average Bonchev–Trinajstić information content (AvgIpc) is 2.41. The van der Waals surface area contributed by atoms with Crippen LogP contribution in [0.4, 0.5) is 0 Å². The third-order valence-corrected chi connectivity index (χ3v) is 3.30. The first-order chi connectivity index (χ1) is 9.56. The fraction of sp³-hybridized carbons (Fsp3) is 0.929. The van der Waals surface area contributed by atoms with E-state index >= 15 is 0 Å². The SMILES string of the molecule is CCCNC(CCN(CCOC)C(C)COC)C(N)=O. The molecule has 0 radical (unpaired) electrons. The molecule has 0 aromatic heterocycles. The van der Waals surface area contributed by atoms with Gasteiger partial charge in [0, 0.05) is 33.4 Å². The van der Waals surface area contributed by atoms with Gasteiger partial charge < -0.3 is 20.5 Å². The van der Waals surface area contributed by atoms with Gasteiger partial charge in [0.2, 0.25) is 5.91 Å². The Morgan fingerprint density at radius 2 is 2.00 bits per heavy atom. The summed E-state index contributed by atoms with van der Waals surface area (Å²) in [6.07, 6.45) is 1.68. The average molecular weight is 289 g/mol. The van der Waals surface area contributed by atoms with Gasteiger partial charge >= 0.3 is 0 Å². The number of rotatable bonds is 13. The molecule has 0 aromatic carbocycles. The van der Waals surface area contributed by atoms with Gasteiger partial charge in [0.15, 0.2) is 0 Å². The third kappa shape index (κ3) is 8.47. The Hall–Kier alpha value is -0.690. The molecule has 0 spiro atoms. The molecule has 0 rings (SSSR count). The summed E-state index contributed by atoms with van der Waals surface area (Å²) in [5, 5.41) is 3.19. The molecule has 3 N–H and O–H groups in total. The Labute approximate surface area is 123 Å². The molecule has 0 saturated heterocycles. The first kappa shape index (κ1) is 19.3. The topological polar surface area (TPSA) is 76.8 Å². The number of hydrogen-bond donors (Lipinski definition) is 2. The van der Waals surface area contributed by atoms with Crippen molar-refractivity contribution in [3.05, 3.63) is 0 Å². The van der Waals surface area contributed by atoms with Crippen LogP contribution in [0.1, 0.15) is 26.7 Å². The molecule has 0 saturated carbocycles. The first-order valence-electron chi connectivity index (χ1n) is 7.31. The maximum absolute atomic E-state index is 11.4. The molecule has 0 aliphatic rings. The zero-order chi connectivity index (χ0) is 15.4.